The Hall–Kier alpha value is -0.620. The molecule has 1 aromatic rings. The van der Waals surface area contributed by atoms with Gasteiger partial charge >= 0.3 is 0 Å². The Kier molecular flexibility index (Phi) is 3.88. The van der Waals surface area contributed by atoms with Crippen LogP contribution in [0, 0.1) is 0 Å². The zero-order chi connectivity index (χ0) is 10.7. The molecular weight excluding hydrogens is 229 g/mol. The van der Waals surface area contributed by atoms with Crippen molar-refractivity contribution in [2.75, 3.05) is 11.6 Å². The van der Waals surface area contributed by atoms with Crippen molar-refractivity contribution in [3.63, 3.8) is 0 Å². The van der Waals surface area contributed by atoms with Gasteiger partial charge in [0.05, 0.1) is 12.0 Å². The summed E-state index contributed by atoms with van der Waals surface area (Å²) in [6.07, 6.45) is -1.06. The van der Waals surface area contributed by atoms with Gasteiger partial charge in [0.2, 0.25) is 5.28 Å². The van der Waals surface area contributed by atoms with Gasteiger partial charge < -0.3 is 15.9 Å². The van der Waals surface area contributed by atoms with E-state index >= 15 is 0 Å². The lowest BCUT2D eigenvalue weighted by Crippen LogP contribution is -2.21. The minimum atomic E-state index is -1.20. The molecule has 0 aliphatic heterocycles. The lowest BCUT2D eigenvalue weighted by molar-refractivity contribution is 0.0328. The summed E-state index contributed by atoms with van der Waals surface area (Å²) in [5.74, 6) is -0.0786. The number of nitrogens with zero attached hydrogens (tertiary/aromatic N) is 2. The van der Waals surface area contributed by atoms with E-state index in [1.54, 1.807) is 0 Å². The Bertz CT molecular complexity index is 324. The van der Waals surface area contributed by atoms with Crippen LogP contribution in [-0.2, 0) is 0 Å². The van der Waals surface area contributed by atoms with E-state index < -0.39 is 12.2 Å². The predicted octanol–water partition coefficient (Wildman–Crippen LogP) is 0.345. The molecule has 7 heteroatoms. The molecule has 0 aromatic carbocycles. The third-order valence-electron chi connectivity index (χ3n) is 1.66. The van der Waals surface area contributed by atoms with Crippen LogP contribution in [0.5, 0.6) is 0 Å². The average Bonchev–Trinajstić information content (AvgIpc) is 2.15. The van der Waals surface area contributed by atoms with E-state index in [0.29, 0.717) is 0 Å². The summed E-state index contributed by atoms with van der Waals surface area (Å²) in [6, 6.07) is 0. The fraction of sp³-hybridized carbons (Fsp3) is 0.429. The zero-order valence-corrected chi connectivity index (χ0v) is 8.57. The highest BCUT2D eigenvalue weighted by Crippen LogP contribution is 2.22. The Balaban J connectivity index is 2.95. The van der Waals surface area contributed by atoms with Crippen LogP contribution in [0.1, 0.15) is 11.7 Å². The highest BCUT2D eigenvalue weighted by Gasteiger charge is 2.20. The van der Waals surface area contributed by atoms with Crippen molar-refractivity contribution in [2.45, 2.75) is 12.2 Å². The largest absolute Gasteiger partial charge is 0.389 e. The molecule has 0 amide bonds. The predicted molar refractivity (Wildman–Crippen MR) is 53.1 cm³/mol. The van der Waals surface area contributed by atoms with Crippen LogP contribution >= 0.6 is 23.2 Å². The highest BCUT2D eigenvalue weighted by molar-refractivity contribution is 6.28. The quantitative estimate of drug-likeness (QED) is 0.521. The molecule has 5 nitrogen and oxygen atoms in total. The number of aliphatic hydroxyl groups is 2. The summed E-state index contributed by atoms with van der Waals surface area (Å²) in [6.45, 7) is 0. The van der Waals surface area contributed by atoms with Gasteiger partial charge in [0.25, 0.3) is 0 Å². The van der Waals surface area contributed by atoms with Crippen molar-refractivity contribution < 1.29 is 10.2 Å². The molecule has 0 fully saturated rings. The van der Waals surface area contributed by atoms with Crippen LogP contribution in [-0.4, -0.2) is 32.2 Å². The normalized spacial score (nSPS) is 15.1. The van der Waals surface area contributed by atoms with Gasteiger partial charge in [-0.1, -0.05) is 0 Å². The summed E-state index contributed by atoms with van der Waals surface area (Å²) >= 11 is 10.8. The molecule has 0 spiro atoms. The number of nitrogen functional groups attached to an aromatic ring is 1. The van der Waals surface area contributed by atoms with Crippen molar-refractivity contribution >= 4 is 29.0 Å². The number of anilines is 1. The summed E-state index contributed by atoms with van der Waals surface area (Å²) in [7, 11) is 0. The van der Waals surface area contributed by atoms with Crippen LogP contribution in [0.25, 0.3) is 0 Å². The number of alkyl halides is 1. The second-order valence-corrected chi connectivity index (χ2v) is 3.29. The number of aliphatic hydroxyl groups excluding tert-OH is 2. The SMILES string of the molecule is Nc1nc(Cl)ncc1C(O)C(O)CCl. The fourth-order valence-electron chi connectivity index (χ4n) is 0.901. The molecular formula is C7H9Cl2N3O2. The third-order valence-corrected chi connectivity index (χ3v) is 2.16. The molecule has 2 unspecified atom stereocenters. The lowest BCUT2D eigenvalue weighted by atomic mass is 10.1. The molecule has 1 rings (SSSR count). The monoisotopic (exact) mass is 237 g/mol. The van der Waals surface area contributed by atoms with Crippen molar-refractivity contribution in [3.05, 3.63) is 17.0 Å². The summed E-state index contributed by atoms with van der Waals surface area (Å²) < 4.78 is 0. The zero-order valence-electron chi connectivity index (χ0n) is 7.06. The fourth-order valence-corrected chi connectivity index (χ4v) is 1.21. The molecule has 0 saturated carbocycles. The Morgan fingerprint density at radius 1 is 1.50 bits per heavy atom. The van der Waals surface area contributed by atoms with Gasteiger partial charge in [0.1, 0.15) is 11.9 Å². The van der Waals surface area contributed by atoms with Gasteiger partial charge in [-0.3, -0.25) is 0 Å². The highest BCUT2D eigenvalue weighted by atomic mass is 35.5. The van der Waals surface area contributed by atoms with Gasteiger partial charge in [-0.05, 0) is 11.6 Å². The standard InChI is InChI=1S/C7H9Cl2N3O2/c8-1-4(13)5(14)3-2-11-7(9)12-6(3)10/h2,4-5,13-14H,1H2,(H2,10,11,12). The Morgan fingerprint density at radius 3 is 2.64 bits per heavy atom. The van der Waals surface area contributed by atoms with E-state index in [1.807, 2.05) is 0 Å². The van der Waals surface area contributed by atoms with Gasteiger partial charge in [-0.15, -0.1) is 11.6 Å². The number of halogens is 2. The Labute approximate surface area is 90.5 Å². The molecule has 1 aromatic heterocycles. The van der Waals surface area contributed by atoms with Crippen LogP contribution in [0.15, 0.2) is 6.20 Å². The van der Waals surface area contributed by atoms with Gasteiger partial charge in [-0.2, -0.15) is 0 Å². The van der Waals surface area contributed by atoms with Crippen LogP contribution < -0.4 is 5.73 Å². The maximum atomic E-state index is 9.52. The van der Waals surface area contributed by atoms with Crippen LogP contribution in [0.2, 0.25) is 5.28 Å². The van der Waals surface area contributed by atoms with Gasteiger partial charge in [0, 0.05) is 11.8 Å². The first-order chi connectivity index (χ1) is 6.56. The molecule has 2 atom stereocenters. The summed E-state index contributed by atoms with van der Waals surface area (Å²) in [5.41, 5.74) is 5.68. The average molecular weight is 238 g/mol. The van der Waals surface area contributed by atoms with E-state index in [-0.39, 0.29) is 22.5 Å². The molecule has 0 radical (unpaired) electrons. The number of rotatable bonds is 3. The van der Waals surface area contributed by atoms with E-state index in [2.05, 4.69) is 9.97 Å². The molecule has 78 valence electrons. The van der Waals surface area contributed by atoms with Gasteiger partial charge in [0.15, 0.2) is 0 Å². The molecule has 1 heterocycles. The molecule has 0 saturated heterocycles. The lowest BCUT2D eigenvalue weighted by Gasteiger charge is -2.16. The summed E-state index contributed by atoms with van der Waals surface area (Å²) in [4.78, 5) is 7.27. The van der Waals surface area contributed by atoms with Crippen molar-refractivity contribution in [2.24, 2.45) is 0 Å². The topological polar surface area (TPSA) is 92.3 Å². The van der Waals surface area contributed by atoms with Crippen LogP contribution in [0.3, 0.4) is 0 Å². The number of aromatic nitrogens is 2. The molecule has 0 bridgehead atoms. The van der Waals surface area contributed by atoms with E-state index in [9.17, 15) is 10.2 Å². The van der Waals surface area contributed by atoms with E-state index in [0.717, 1.165) is 0 Å². The van der Waals surface area contributed by atoms with Gasteiger partial charge in [-0.25, -0.2) is 9.97 Å². The number of hydrogen-bond donors (Lipinski definition) is 3. The number of hydrogen-bond acceptors (Lipinski definition) is 5. The second-order valence-electron chi connectivity index (χ2n) is 2.65. The molecule has 0 aliphatic rings. The second kappa shape index (κ2) is 4.75. The molecule has 0 aliphatic carbocycles. The summed E-state index contributed by atoms with van der Waals surface area (Å²) in [5, 5.41) is 18.8. The minimum absolute atomic E-state index is 0.0150. The van der Waals surface area contributed by atoms with Crippen molar-refractivity contribution in [3.8, 4) is 0 Å². The Morgan fingerprint density at radius 2 is 2.14 bits per heavy atom. The maximum absolute atomic E-state index is 9.52. The van der Waals surface area contributed by atoms with E-state index in [4.69, 9.17) is 28.9 Å². The molecule has 14 heavy (non-hydrogen) atoms. The minimum Gasteiger partial charge on any atom is -0.389 e. The number of nitrogens with two attached hydrogens (primary N) is 1. The van der Waals surface area contributed by atoms with Crippen molar-refractivity contribution in [1.29, 1.82) is 0 Å². The van der Waals surface area contributed by atoms with Crippen LogP contribution in [0.4, 0.5) is 5.82 Å². The maximum Gasteiger partial charge on any atom is 0.224 e. The first kappa shape index (κ1) is 11.5. The smallest absolute Gasteiger partial charge is 0.224 e. The first-order valence-electron chi connectivity index (χ1n) is 3.76. The first-order valence-corrected chi connectivity index (χ1v) is 4.67. The van der Waals surface area contributed by atoms with E-state index in [1.165, 1.54) is 6.20 Å². The van der Waals surface area contributed by atoms with Crippen molar-refractivity contribution in [1.82, 2.24) is 9.97 Å². The molecule has 4 N–H and O–H groups in total. The third kappa shape index (κ3) is 2.45.